The zero-order valence-corrected chi connectivity index (χ0v) is 21.6. The molecule has 1 amide bonds. The molecule has 7 nitrogen and oxygen atoms in total. The zero-order chi connectivity index (χ0) is 27.1. The van der Waals surface area contributed by atoms with Gasteiger partial charge in [-0.05, 0) is 67.7 Å². The second-order valence-corrected chi connectivity index (χ2v) is 11.7. The van der Waals surface area contributed by atoms with Gasteiger partial charge < -0.3 is 20.3 Å². The number of carbonyl (C=O) groups excluding carboxylic acids is 1. The van der Waals surface area contributed by atoms with Crippen LogP contribution in [-0.2, 0) is 4.74 Å². The maximum absolute atomic E-state index is 14.6. The highest BCUT2D eigenvalue weighted by atomic mass is 19.3. The molecule has 1 unspecified atom stereocenters. The normalized spacial score (nSPS) is 27.2. The fraction of sp³-hybridized carbons (Fsp3) is 0.607. The van der Waals surface area contributed by atoms with Crippen LogP contribution < -0.4 is 10.6 Å². The Bertz CT molecular complexity index is 1190. The largest absolute Gasteiger partial charge is 0.381 e. The molecule has 0 radical (unpaired) electrons. The third kappa shape index (κ3) is 5.89. The Morgan fingerprint density at radius 3 is 2.38 bits per heavy atom. The highest BCUT2D eigenvalue weighted by molar-refractivity contribution is 5.95. The summed E-state index contributed by atoms with van der Waals surface area (Å²) in [5.41, 5.74) is -0.293. The Morgan fingerprint density at radius 1 is 1.03 bits per heavy atom. The summed E-state index contributed by atoms with van der Waals surface area (Å²) in [7, 11) is 0. The van der Waals surface area contributed by atoms with Gasteiger partial charge in [-0.3, -0.25) is 4.79 Å². The molecule has 210 valence electrons. The highest BCUT2D eigenvalue weighted by Gasteiger charge is 2.46. The summed E-state index contributed by atoms with van der Waals surface area (Å²) in [5, 5.41) is 14.1. The predicted molar refractivity (Wildman–Crippen MR) is 136 cm³/mol. The van der Waals surface area contributed by atoms with E-state index in [1.807, 2.05) is 0 Å². The summed E-state index contributed by atoms with van der Waals surface area (Å²) in [6.45, 7) is 5.18. The number of halogens is 4. The summed E-state index contributed by atoms with van der Waals surface area (Å²) >= 11 is 0. The van der Waals surface area contributed by atoms with Crippen LogP contribution in [0.4, 0.5) is 23.4 Å². The van der Waals surface area contributed by atoms with Gasteiger partial charge in [0.1, 0.15) is 5.82 Å². The lowest BCUT2D eigenvalue weighted by Gasteiger charge is -2.35. The second kappa shape index (κ2) is 10.6. The monoisotopic (exact) mass is 547 g/mol. The lowest BCUT2D eigenvalue weighted by molar-refractivity contribution is -0.0901. The molecule has 39 heavy (non-hydrogen) atoms. The maximum atomic E-state index is 14.6. The summed E-state index contributed by atoms with van der Waals surface area (Å²) in [4.78, 5) is 15.1. The van der Waals surface area contributed by atoms with Crippen LogP contribution in [0.1, 0.15) is 48.9 Å². The first-order chi connectivity index (χ1) is 18.7. The Balaban J connectivity index is 1.05. The standard InChI is InChI=1S/C28H33F4N5O2/c29-23-10-17(27(38)34-21-11-28(31,32)12-21)9-22(26(23)30)24-1-2-25(36-35-24)33-20-7-18-14-37(15-19(18)8-20)13-16-3-5-39-6-4-16/h1-2,9-10,16,18-21H,3-8,11-15H2,(H,33,36)(H,34,38)/t18-,19+,20?. The Morgan fingerprint density at radius 2 is 1.74 bits per heavy atom. The SMILES string of the molecule is O=C(NC1CC(F)(F)C1)c1cc(F)c(F)c(-c2ccc(NC3C[C@@H]4CN(CC5CCOCC5)C[C@@H]4C3)nn2)c1. The van der Waals surface area contributed by atoms with Gasteiger partial charge in [-0.15, -0.1) is 10.2 Å². The summed E-state index contributed by atoms with van der Waals surface area (Å²) < 4.78 is 60.6. The molecule has 6 rings (SSSR count). The quantitative estimate of drug-likeness (QED) is 0.497. The number of rotatable bonds is 7. The van der Waals surface area contributed by atoms with Crippen LogP contribution >= 0.6 is 0 Å². The molecule has 0 bridgehead atoms. The molecular weight excluding hydrogens is 514 g/mol. The van der Waals surface area contributed by atoms with E-state index < -0.39 is 42.3 Å². The second-order valence-electron chi connectivity index (χ2n) is 11.7. The van der Waals surface area contributed by atoms with Crippen LogP contribution in [0.3, 0.4) is 0 Å². The van der Waals surface area contributed by atoms with Crippen molar-refractivity contribution in [2.45, 2.75) is 56.5 Å². The number of alkyl halides is 2. The molecule has 2 aromatic rings. The Labute approximate surface area is 224 Å². The summed E-state index contributed by atoms with van der Waals surface area (Å²) in [6.07, 6.45) is 3.49. The number of amides is 1. The van der Waals surface area contributed by atoms with E-state index in [1.165, 1.54) is 12.1 Å². The maximum Gasteiger partial charge on any atom is 0.252 e. The number of nitrogens with zero attached hydrogens (tertiary/aromatic N) is 3. The van der Waals surface area contributed by atoms with Crippen molar-refractivity contribution >= 4 is 11.7 Å². The van der Waals surface area contributed by atoms with Crippen LogP contribution in [0.5, 0.6) is 0 Å². The molecule has 2 saturated heterocycles. The number of nitrogens with one attached hydrogen (secondary N) is 2. The molecule has 2 aliphatic carbocycles. The number of likely N-dealkylation sites (tertiary alicyclic amines) is 1. The van der Waals surface area contributed by atoms with E-state index in [0.29, 0.717) is 17.7 Å². The molecule has 1 aromatic heterocycles. The number of benzene rings is 1. The lowest BCUT2D eigenvalue weighted by Crippen LogP contribution is -2.50. The molecule has 1 aromatic carbocycles. The van der Waals surface area contributed by atoms with Gasteiger partial charge >= 0.3 is 0 Å². The Hall–Kier alpha value is -2.79. The molecule has 4 aliphatic rings. The third-order valence-corrected chi connectivity index (χ3v) is 8.69. The Kier molecular flexibility index (Phi) is 7.22. The molecular formula is C28H33F4N5O2. The van der Waals surface area contributed by atoms with Crippen molar-refractivity contribution in [2.75, 3.05) is 38.2 Å². The first-order valence-corrected chi connectivity index (χ1v) is 13.8. The minimum Gasteiger partial charge on any atom is -0.381 e. The topological polar surface area (TPSA) is 79.4 Å². The van der Waals surface area contributed by atoms with E-state index >= 15 is 0 Å². The van der Waals surface area contributed by atoms with Crippen molar-refractivity contribution in [2.24, 2.45) is 17.8 Å². The van der Waals surface area contributed by atoms with Crippen molar-refractivity contribution in [1.82, 2.24) is 20.4 Å². The van der Waals surface area contributed by atoms with Crippen LogP contribution in [0.2, 0.25) is 0 Å². The lowest BCUT2D eigenvalue weighted by atomic mass is 9.88. The van der Waals surface area contributed by atoms with Crippen molar-refractivity contribution in [3.05, 3.63) is 41.5 Å². The first kappa shape index (κ1) is 26.4. The fourth-order valence-corrected chi connectivity index (χ4v) is 6.66. The molecule has 3 heterocycles. The number of aromatic nitrogens is 2. The number of carbonyl (C=O) groups is 1. The molecule has 11 heteroatoms. The van der Waals surface area contributed by atoms with E-state index in [9.17, 15) is 22.4 Å². The van der Waals surface area contributed by atoms with Crippen LogP contribution in [-0.4, -0.2) is 71.9 Å². The number of ether oxygens (including phenoxy) is 1. The van der Waals surface area contributed by atoms with Crippen LogP contribution in [0.15, 0.2) is 24.3 Å². The predicted octanol–water partition coefficient (Wildman–Crippen LogP) is 4.50. The van der Waals surface area contributed by atoms with E-state index in [4.69, 9.17) is 4.74 Å². The first-order valence-electron chi connectivity index (χ1n) is 13.8. The molecule has 2 N–H and O–H groups in total. The zero-order valence-electron chi connectivity index (χ0n) is 21.6. The van der Waals surface area contributed by atoms with Crippen molar-refractivity contribution in [1.29, 1.82) is 0 Å². The smallest absolute Gasteiger partial charge is 0.252 e. The molecule has 2 aliphatic heterocycles. The average Bonchev–Trinajstić information content (AvgIpc) is 3.43. The highest BCUT2D eigenvalue weighted by Crippen LogP contribution is 2.40. The molecule has 2 saturated carbocycles. The van der Waals surface area contributed by atoms with Crippen molar-refractivity contribution < 1.29 is 27.1 Å². The van der Waals surface area contributed by atoms with E-state index in [0.717, 1.165) is 70.5 Å². The van der Waals surface area contributed by atoms with E-state index in [2.05, 4.69) is 25.7 Å². The summed E-state index contributed by atoms with van der Waals surface area (Å²) in [6, 6.07) is 4.73. The number of hydrogen-bond donors (Lipinski definition) is 2. The third-order valence-electron chi connectivity index (χ3n) is 8.69. The van der Waals surface area contributed by atoms with E-state index in [-0.39, 0.29) is 22.9 Å². The number of hydrogen-bond acceptors (Lipinski definition) is 6. The van der Waals surface area contributed by atoms with Gasteiger partial charge in [0.2, 0.25) is 0 Å². The minimum atomic E-state index is -2.80. The van der Waals surface area contributed by atoms with Crippen LogP contribution in [0, 0.1) is 29.4 Å². The van der Waals surface area contributed by atoms with Crippen LogP contribution in [0.25, 0.3) is 11.3 Å². The van der Waals surface area contributed by atoms with Gasteiger partial charge in [0.15, 0.2) is 11.6 Å². The van der Waals surface area contributed by atoms with Gasteiger partial charge in [0, 0.05) is 68.9 Å². The molecule has 3 atom stereocenters. The fourth-order valence-electron chi connectivity index (χ4n) is 6.66. The van der Waals surface area contributed by atoms with E-state index in [1.54, 1.807) is 6.07 Å². The number of anilines is 1. The van der Waals surface area contributed by atoms with Gasteiger partial charge in [-0.2, -0.15) is 0 Å². The average molecular weight is 548 g/mol. The summed E-state index contributed by atoms with van der Waals surface area (Å²) in [5.74, 6) is -3.29. The van der Waals surface area contributed by atoms with Gasteiger partial charge in [0.25, 0.3) is 11.8 Å². The molecule has 4 fully saturated rings. The minimum absolute atomic E-state index is 0.0776. The van der Waals surface area contributed by atoms with Gasteiger partial charge in [0.05, 0.1) is 5.69 Å². The van der Waals surface area contributed by atoms with Crippen molar-refractivity contribution in [3.63, 3.8) is 0 Å². The van der Waals surface area contributed by atoms with Crippen molar-refractivity contribution in [3.8, 4) is 11.3 Å². The number of fused-ring (bicyclic) bond motifs is 1. The van der Waals surface area contributed by atoms with Gasteiger partial charge in [-0.25, -0.2) is 17.6 Å². The van der Waals surface area contributed by atoms with Gasteiger partial charge in [-0.1, -0.05) is 0 Å². The molecule has 0 spiro atoms.